The van der Waals surface area contributed by atoms with Gasteiger partial charge in [-0.05, 0) is 56.2 Å². The summed E-state index contributed by atoms with van der Waals surface area (Å²) in [6.45, 7) is 0.852. The third kappa shape index (κ3) is 2.35. The van der Waals surface area contributed by atoms with Crippen molar-refractivity contribution in [1.82, 2.24) is 9.88 Å². The summed E-state index contributed by atoms with van der Waals surface area (Å²) >= 11 is 1.77. The Hall–Kier alpha value is -1.68. The van der Waals surface area contributed by atoms with Crippen LogP contribution in [0.1, 0.15) is 58.2 Å². The zero-order chi connectivity index (χ0) is 14.9. The maximum absolute atomic E-state index is 13.1. The Morgan fingerprint density at radius 3 is 3.00 bits per heavy atom. The van der Waals surface area contributed by atoms with Gasteiger partial charge in [-0.3, -0.25) is 9.78 Å². The molecule has 3 heterocycles. The lowest BCUT2D eigenvalue weighted by molar-refractivity contribution is 0.0732. The second kappa shape index (κ2) is 5.84. The Balaban J connectivity index is 1.63. The summed E-state index contributed by atoms with van der Waals surface area (Å²) < 4.78 is 0. The number of hydrogen-bond acceptors (Lipinski definition) is 3. The van der Waals surface area contributed by atoms with Gasteiger partial charge in [-0.25, -0.2) is 0 Å². The summed E-state index contributed by atoms with van der Waals surface area (Å²) in [5.74, 6) is 0.215. The third-order valence-corrected chi connectivity index (χ3v) is 5.92. The van der Waals surface area contributed by atoms with Gasteiger partial charge >= 0.3 is 0 Å². The van der Waals surface area contributed by atoms with E-state index in [9.17, 15) is 4.79 Å². The summed E-state index contributed by atoms with van der Waals surface area (Å²) in [4.78, 5) is 21.0. The number of amides is 1. The largest absolute Gasteiger partial charge is 0.330 e. The Bertz CT molecular complexity index is 680. The average molecular weight is 312 g/mol. The number of aromatic nitrogens is 1. The number of carbonyl (C=O) groups excluding carboxylic acids is 1. The van der Waals surface area contributed by atoms with Crippen LogP contribution in [0, 0.1) is 0 Å². The Labute approximate surface area is 135 Å². The van der Waals surface area contributed by atoms with E-state index < -0.39 is 0 Å². The lowest BCUT2D eigenvalue weighted by Gasteiger charge is -2.25. The quantitative estimate of drug-likeness (QED) is 0.840. The monoisotopic (exact) mass is 312 g/mol. The van der Waals surface area contributed by atoms with Gasteiger partial charge in [0.1, 0.15) is 0 Å². The molecule has 0 aromatic carbocycles. The summed E-state index contributed by atoms with van der Waals surface area (Å²) in [5.41, 5.74) is 3.31. The van der Waals surface area contributed by atoms with Crippen LogP contribution in [0.4, 0.5) is 0 Å². The number of nitrogens with zero attached hydrogens (tertiary/aromatic N) is 2. The van der Waals surface area contributed by atoms with Crippen molar-refractivity contribution in [3.05, 3.63) is 51.5 Å². The predicted molar refractivity (Wildman–Crippen MR) is 88.2 cm³/mol. The van der Waals surface area contributed by atoms with Crippen LogP contribution in [0.15, 0.2) is 29.8 Å². The number of hydrogen-bond donors (Lipinski definition) is 0. The van der Waals surface area contributed by atoms with Crippen LogP contribution in [0.25, 0.3) is 0 Å². The highest BCUT2D eigenvalue weighted by Crippen LogP contribution is 2.36. The first kappa shape index (κ1) is 13.9. The molecule has 0 saturated carbocycles. The van der Waals surface area contributed by atoms with Gasteiger partial charge in [-0.1, -0.05) is 6.07 Å². The number of thiophene rings is 1. The molecular formula is C18H20N2OS. The van der Waals surface area contributed by atoms with Crippen molar-refractivity contribution in [2.45, 2.75) is 44.6 Å². The van der Waals surface area contributed by atoms with E-state index in [0.29, 0.717) is 0 Å². The Kier molecular flexibility index (Phi) is 3.70. The van der Waals surface area contributed by atoms with Gasteiger partial charge in [-0.2, -0.15) is 0 Å². The second-order valence-corrected chi connectivity index (χ2v) is 7.13. The van der Waals surface area contributed by atoms with Crippen LogP contribution in [0.5, 0.6) is 0 Å². The number of fused-ring (bicyclic) bond motifs is 1. The SMILES string of the molecule is O=C(c1csc2c1CCCC2)N1CCC[C@H]1c1ccccn1. The van der Waals surface area contributed by atoms with Crippen LogP contribution in [0.3, 0.4) is 0 Å². The van der Waals surface area contributed by atoms with Gasteiger partial charge in [0.2, 0.25) is 0 Å². The minimum Gasteiger partial charge on any atom is -0.330 e. The lowest BCUT2D eigenvalue weighted by atomic mass is 9.95. The van der Waals surface area contributed by atoms with E-state index in [1.807, 2.05) is 29.3 Å². The first-order chi connectivity index (χ1) is 10.8. The molecule has 0 unspecified atom stereocenters. The molecule has 1 atom stereocenters. The molecular weight excluding hydrogens is 292 g/mol. The number of rotatable bonds is 2. The molecule has 1 aliphatic carbocycles. The Morgan fingerprint density at radius 1 is 1.23 bits per heavy atom. The normalized spacial score (nSPS) is 20.9. The number of carbonyl (C=O) groups is 1. The van der Waals surface area contributed by atoms with Crippen LogP contribution in [-0.2, 0) is 12.8 Å². The standard InChI is InChI=1S/C18H20N2OS/c21-18(14-12-22-17-9-2-1-6-13(14)17)20-11-5-8-16(20)15-7-3-4-10-19-15/h3-4,7,10,12,16H,1-2,5-6,8-9,11H2/t16-/m0/s1. The predicted octanol–water partition coefficient (Wildman–Crippen LogP) is 4.00. The maximum Gasteiger partial charge on any atom is 0.255 e. The topological polar surface area (TPSA) is 33.2 Å². The van der Waals surface area contributed by atoms with Gasteiger partial charge in [0.15, 0.2) is 0 Å². The van der Waals surface area contributed by atoms with E-state index in [-0.39, 0.29) is 11.9 Å². The maximum atomic E-state index is 13.1. The van der Waals surface area contributed by atoms with Crippen LogP contribution >= 0.6 is 11.3 Å². The van der Waals surface area contributed by atoms with E-state index in [4.69, 9.17) is 0 Å². The van der Waals surface area contributed by atoms with Crippen molar-refractivity contribution in [2.75, 3.05) is 6.54 Å². The summed E-state index contributed by atoms with van der Waals surface area (Å²) in [5, 5.41) is 2.09. The molecule has 0 spiro atoms. The molecule has 1 fully saturated rings. The average Bonchev–Trinajstić information content (AvgIpc) is 3.22. The fourth-order valence-corrected chi connectivity index (χ4v) is 4.84. The number of aryl methyl sites for hydroxylation is 1. The third-order valence-electron chi connectivity index (χ3n) is 4.83. The second-order valence-electron chi connectivity index (χ2n) is 6.17. The van der Waals surface area contributed by atoms with Gasteiger partial charge in [-0.15, -0.1) is 11.3 Å². The van der Waals surface area contributed by atoms with Crippen molar-refractivity contribution in [3.8, 4) is 0 Å². The molecule has 1 aliphatic heterocycles. The van der Waals surface area contributed by atoms with Crippen molar-refractivity contribution in [2.24, 2.45) is 0 Å². The molecule has 2 aliphatic rings. The fraction of sp³-hybridized carbons (Fsp3) is 0.444. The van der Waals surface area contributed by atoms with Gasteiger partial charge < -0.3 is 4.90 Å². The first-order valence-electron chi connectivity index (χ1n) is 8.16. The molecule has 1 amide bonds. The van der Waals surface area contributed by atoms with Crippen LogP contribution in [0.2, 0.25) is 0 Å². The molecule has 4 heteroatoms. The highest BCUT2D eigenvalue weighted by molar-refractivity contribution is 7.10. The molecule has 22 heavy (non-hydrogen) atoms. The van der Waals surface area contributed by atoms with E-state index in [0.717, 1.165) is 43.5 Å². The zero-order valence-corrected chi connectivity index (χ0v) is 13.4. The van der Waals surface area contributed by atoms with Gasteiger partial charge in [0.05, 0.1) is 17.3 Å². The zero-order valence-electron chi connectivity index (χ0n) is 12.6. The van der Waals surface area contributed by atoms with Crippen LogP contribution in [-0.4, -0.2) is 22.3 Å². The lowest BCUT2D eigenvalue weighted by Crippen LogP contribution is -2.31. The highest BCUT2D eigenvalue weighted by atomic mass is 32.1. The van der Waals surface area contributed by atoms with Crippen molar-refractivity contribution < 1.29 is 4.79 Å². The number of pyridine rings is 1. The van der Waals surface area contributed by atoms with Crippen molar-refractivity contribution in [3.63, 3.8) is 0 Å². The van der Waals surface area contributed by atoms with E-state index in [2.05, 4.69) is 10.4 Å². The molecule has 2 aromatic rings. The summed E-state index contributed by atoms with van der Waals surface area (Å²) in [6, 6.07) is 6.13. The fourth-order valence-electron chi connectivity index (χ4n) is 3.72. The van der Waals surface area contributed by atoms with Crippen molar-refractivity contribution in [1.29, 1.82) is 0 Å². The summed E-state index contributed by atoms with van der Waals surface area (Å²) in [6.07, 6.45) is 8.62. The smallest absolute Gasteiger partial charge is 0.255 e. The van der Waals surface area contributed by atoms with E-state index >= 15 is 0 Å². The molecule has 0 radical (unpaired) electrons. The minimum absolute atomic E-state index is 0.146. The molecule has 0 N–H and O–H groups in total. The minimum atomic E-state index is 0.146. The molecule has 1 saturated heterocycles. The highest BCUT2D eigenvalue weighted by Gasteiger charge is 2.33. The summed E-state index contributed by atoms with van der Waals surface area (Å²) in [7, 11) is 0. The molecule has 0 bridgehead atoms. The van der Waals surface area contributed by atoms with E-state index in [1.165, 1.54) is 23.3 Å². The van der Waals surface area contributed by atoms with E-state index in [1.54, 1.807) is 11.3 Å². The first-order valence-corrected chi connectivity index (χ1v) is 9.03. The molecule has 3 nitrogen and oxygen atoms in total. The van der Waals surface area contributed by atoms with Gasteiger partial charge in [0, 0.05) is 23.0 Å². The van der Waals surface area contributed by atoms with Crippen molar-refractivity contribution >= 4 is 17.2 Å². The number of likely N-dealkylation sites (tertiary alicyclic amines) is 1. The Morgan fingerprint density at radius 2 is 2.14 bits per heavy atom. The molecule has 4 rings (SSSR count). The van der Waals surface area contributed by atoms with Crippen LogP contribution < -0.4 is 0 Å². The molecule has 114 valence electrons. The van der Waals surface area contributed by atoms with Gasteiger partial charge in [0.25, 0.3) is 5.91 Å². The molecule has 2 aromatic heterocycles.